The van der Waals surface area contributed by atoms with Crippen LogP contribution in [0.1, 0.15) is 33.4 Å². The molecule has 1 amide bonds. The summed E-state index contributed by atoms with van der Waals surface area (Å²) in [5, 5.41) is 10.5. The van der Waals surface area contributed by atoms with E-state index in [1.807, 2.05) is 60.7 Å². The molecule has 0 aliphatic carbocycles. The summed E-state index contributed by atoms with van der Waals surface area (Å²) >= 11 is 0. The molecule has 3 aromatic carbocycles. The summed E-state index contributed by atoms with van der Waals surface area (Å²) in [6.07, 6.45) is 0. The summed E-state index contributed by atoms with van der Waals surface area (Å²) in [6.45, 7) is 0.477. The lowest BCUT2D eigenvalue weighted by Gasteiger charge is -2.27. The highest BCUT2D eigenvalue weighted by Gasteiger charge is 2.36. The van der Waals surface area contributed by atoms with Crippen molar-refractivity contribution in [2.24, 2.45) is 0 Å². The van der Waals surface area contributed by atoms with Crippen molar-refractivity contribution in [3.05, 3.63) is 95.3 Å². The largest absolute Gasteiger partial charge is 0.508 e. The first-order valence-corrected chi connectivity index (χ1v) is 8.84. The molecule has 0 spiro atoms. The molecule has 2 heterocycles. The van der Waals surface area contributed by atoms with E-state index in [2.05, 4.69) is 4.98 Å². The summed E-state index contributed by atoms with van der Waals surface area (Å²) in [4.78, 5) is 22.9. The number of nitrogens with zero attached hydrogens (tertiary/aromatic N) is 2. The van der Waals surface area contributed by atoms with E-state index in [0.717, 1.165) is 16.6 Å². The number of aromatic amines is 1. The molecule has 0 radical (unpaired) electrons. The van der Waals surface area contributed by atoms with Crippen LogP contribution in [0.25, 0.3) is 11.0 Å². The zero-order chi connectivity index (χ0) is 18.4. The normalized spacial score (nSPS) is 14.5. The maximum atomic E-state index is 13.1. The average Bonchev–Trinajstić information content (AvgIpc) is 3.26. The number of carbonyl (C=O) groups excluding carboxylic acids is 1. The third kappa shape index (κ3) is 2.47. The number of benzene rings is 3. The fraction of sp³-hybridized carbons (Fsp3) is 0.0909. The Morgan fingerprint density at radius 3 is 2.52 bits per heavy atom. The van der Waals surface area contributed by atoms with Gasteiger partial charge in [0.25, 0.3) is 5.91 Å². The van der Waals surface area contributed by atoms with Crippen LogP contribution in [0.5, 0.6) is 5.75 Å². The van der Waals surface area contributed by atoms with Crippen LogP contribution in [0.15, 0.2) is 72.8 Å². The van der Waals surface area contributed by atoms with Crippen molar-refractivity contribution in [2.75, 3.05) is 0 Å². The molecule has 1 aliphatic heterocycles. The Morgan fingerprint density at radius 1 is 0.963 bits per heavy atom. The predicted octanol–water partition coefficient (Wildman–Crippen LogP) is 4.01. The highest BCUT2D eigenvalue weighted by Crippen LogP contribution is 2.38. The molecule has 0 fully saturated rings. The van der Waals surface area contributed by atoms with Gasteiger partial charge in [-0.3, -0.25) is 4.79 Å². The molecular weight excluding hydrogens is 338 g/mol. The van der Waals surface area contributed by atoms with Crippen LogP contribution in [-0.4, -0.2) is 25.9 Å². The monoisotopic (exact) mass is 355 g/mol. The Balaban J connectivity index is 1.68. The Bertz CT molecular complexity index is 1130. The second kappa shape index (κ2) is 5.99. The third-order valence-electron chi connectivity index (χ3n) is 5.06. The summed E-state index contributed by atoms with van der Waals surface area (Å²) in [6, 6.07) is 22.0. The zero-order valence-electron chi connectivity index (χ0n) is 14.5. The zero-order valence-corrected chi connectivity index (χ0v) is 14.5. The molecule has 5 heteroatoms. The van der Waals surface area contributed by atoms with Crippen molar-refractivity contribution in [1.82, 2.24) is 14.9 Å². The van der Waals surface area contributed by atoms with E-state index < -0.39 is 6.04 Å². The molecule has 1 unspecified atom stereocenters. The van der Waals surface area contributed by atoms with Gasteiger partial charge in [-0.25, -0.2) is 4.98 Å². The second-order valence-electron chi connectivity index (χ2n) is 6.69. The van der Waals surface area contributed by atoms with Crippen molar-refractivity contribution in [2.45, 2.75) is 12.6 Å². The Kier molecular flexibility index (Phi) is 3.47. The quantitative estimate of drug-likeness (QED) is 0.583. The van der Waals surface area contributed by atoms with Crippen molar-refractivity contribution in [3.8, 4) is 5.75 Å². The minimum Gasteiger partial charge on any atom is -0.508 e. The van der Waals surface area contributed by atoms with E-state index in [4.69, 9.17) is 4.98 Å². The number of para-hydroxylation sites is 3. The first-order valence-electron chi connectivity index (χ1n) is 8.84. The number of hydrogen-bond donors (Lipinski definition) is 2. The minimum absolute atomic E-state index is 0.0562. The number of hydrogen-bond acceptors (Lipinski definition) is 3. The molecule has 1 atom stereocenters. The maximum absolute atomic E-state index is 13.1. The van der Waals surface area contributed by atoms with Crippen molar-refractivity contribution >= 4 is 16.9 Å². The lowest BCUT2D eigenvalue weighted by molar-refractivity contribution is 0.0724. The van der Waals surface area contributed by atoms with E-state index >= 15 is 0 Å². The fourth-order valence-electron chi connectivity index (χ4n) is 3.77. The summed E-state index contributed by atoms with van der Waals surface area (Å²) in [7, 11) is 0. The van der Waals surface area contributed by atoms with Crippen LogP contribution in [-0.2, 0) is 6.54 Å². The van der Waals surface area contributed by atoms with Gasteiger partial charge in [0.15, 0.2) is 0 Å². The molecule has 4 aromatic rings. The lowest BCUT2D eigenvalue weighted by atomic mass is 10.0. The van der Waals surface area contributed by atoms with Crippen molar-refractivity contribution in [1.29, 1.82) is 0 Å². The van der Waals surface area contributed by atoms with Crippen LogP contribution in [0.4, 0.5) is 0 Å². The van der Waals surface area contributed by atoms with Crippen LogP contribution < -0.4 is 0 Å². The molecule has 5 rings (SSSR count). The molecule has 1 aliphatic rings. The van der Waals surface area contributed by atoms with Gasteiger partial charge >= 0.3 is 0 Å². The SMILES string of the molecule is O=C1c2ccccc2CN1C(c1nc2ccccc2[nH]1)c1ccccc1O. The number of carbonyl (C=O) groups is 1. The average molecular weight is 355 g/mol. The predicted molar refractivity (Wildman–Crippen MR) is 102 cm³/mol. The van der Waals surface area contributed by atoms with Gasteiger partial charge in [-0.15, -0.1) is 0 Å². The summed E-state index contributed by atoms with van der Waals surface area (Å²) < 4.78 is 0. The fourth-order valence-corrected chi connectivity index (χ4v) is 3.77. The molecule has 0 saturated heterocycles. The highest BCUT2D eigenvalue weighted by atomic mass is 16.3. The van der Waals surface area contributed by atoms with Crippen LogP contribution in [0.3, 0.4) is 0 Å². The number of H-pyrrole nitrogens is 1. The number of phenols is 1. The highest BCUT2D eigenvalue weighted by molar-refractivity contribution is 5.98. The molecule has 1 aromatic heterocycles. The molecule has 0 bridgehead atoms. The van der Waals surface area contributed by atoms with E-state index in [0.29, 0.717) is 23.5 Å². The molecular formula is C22H17N3O2. The first kappa shape index (κ1) is 15.6. The Morgan fingerprint density at radius 2 is 1.70 bits per heavy atom. The van der Waals surface area contributed by atoms with Gasteiger partial charge in [0, 0.05) is 17.7 Å². The lowest BCUT2D eigenvalue weighted by Crippen LogP contribution is -2.30. The second-order valence-corrected chi connectivity index (χ2v) is 6.69. The summed E-state index contributed by atoms with van der Waals surface area (Å²) in [5.74, 6) is 0.727. The Labute approximate surface area is 155 Å². The van der Waals surface area contributed by atoms with Gasteiger partial charge in [-0.1, -0.05) is 48.5 Å². The van der Waals surface area contributed by atoms with Crippen LogP contribution >= 0.6 is 0 Å². The minimum atomic E-state index is -0.501. The van der Waals surface area contributed by atoms with Crippen molar-refractivity contribution in [3.63, 3.8) is 0 Å². The van der Waals surface area contributed by atoms with Gasteiger partial charge in [-0.05, 0) is 29.8 Å². The molecule has 27 heavy (non-hydrogen) atoms. The number of phenolic OH excluding ortho intramolecular Hbond substituents is 1. The molecule has 5 nitrogen and oxygen atoms in total. The summed E-state index contributed by atoms with van der Waals surface area (Å²) in [5.41, 5.74) is 4.07. The number of aromatic hydroxyl groups is 1. The number of aromatic nitrogens is 2. The number of nitrogens with one attached hydrogen (secondary N) is 1. The van der Waals surface area contributed by atoms with Gasteiger partial charge in [-0.2, -0.15) is 0 Å². The van der Waals surface area contributed by atoms with Gasteiger partial charge in [0.05, 0.1) is 11.0 Å². The van der Waals surface area contributed by atoms with Gasteiger partial charge in [0.2, 0.25) is 0 Å². The van der Waals surface area contributed by atoms with Gasteiger partial charge in [0.1, 0.15) is 17.6 Å². The van der Waals surface area contributed by atoms with Crippen molar-refractivity contribution < 1.29 is 9.90 Å². The number of rotatable bonds is 3. The molecule has 132 valence electrons. The van der Waals surface area contributed by atoms with E-state index in [9.17, 15) is 9.90 Å². The topological polar surface area (TPSA) is 69.2 Å². The van der Waals surface area contributed by atoms with Gasteiger partial charge < -0.3 is 15.0 Å². The number of amides is 1. The smallest absolute Gasteiger partial charge is 0.255 e. The molecule has 0 saturated carbocycles. The van der Waals surface area contributed by atoms with E-state index in [1.165, 1.54) is 0 Å². The standard InChI is InChI=1S/C22H17N3O2/c26-19-12-6-3-9-16(19)20(21-23-17-10-4-5-11-18(17)24-21)25-13-14-7-1-2-8-15(14)22(25)27/h1-12,20,26H,13H2,(H,23,24). The van der Waals surface area contributed by atoms with Crippen LogP contribution in [0, 0.1) is 0 Å². The maximum Gasteiger partial charge on any atom is 0.255 e. The number of fused-ring (bicyclic) bond motifs is 2. The Hall–Kier alpha value is -3.60. The number of imidazole rings is 1. The van der Waals surface area contributed by atoms with E-state index in [1.54, 1.807) is 17.0 Å². The third-order valence-corrected chi connectivity index (χ3v) is 5.06. The van der Waals surface area contributed by atoms with Crippen LogP contribution in [0.2, 0.25) is 0 Å². The first-order chi connectivity index (χ1) is 13.2. The molecule has 2 N–H and O–H groups in total. The van der Waals surface area contributed by atoms with E-state index in [-0.39, 0.29) is 11.7 Å².